The van der Waals surface area contributed by atoms with Gasteiger partial charge in [0, 0.05) is 17.3 Å². The lowest BCUT2D eigenvalue weighted by Gasteiger charge is -2.31. The van der Waals surface area contributed by atoms with E-state index in [-0.39, 0.29) is 5.97 Å². The molecular weight excluding hydrogens is 316 g/mol. The molecule has 1 aliphatic heterocycles. The largest absolute Gasteiger partial charge is 0.490 e. The summed E-state index contributed by atoms with van der Waals surface area (Å²) in [5.74, 6) is 0.542. The fourth-order valence-electron chi connectivity index (χ4n) is 3.13. The summed E-state index contributed by atoms with van der Waals surface area (Å²) in [7, 11) is 0. The van der Waals surface area contributed by atoms with Crippen LogP contribution in [0.15, 0.2) is 54.7 Å². The van der Waals surface area contributed by atoms with Crippen molar-refractivity contribution in [3.63, 3.8) is 0 Å². The summed E-state index contributed by atoms with van der Waals surface area (Å²) in [6.07, 6.45) is 1.64. The molecule has 0 saturated heterocycles. The van der Waals surface area contributed by atoms with Gasteiger partial charge in [0.15, 0.2) is 0 Å². The SMILES string of the molecule is CCOC(=O)c1ccnc2ccc(N3CCOc4ccccc43)cc12. The monoisotopic (exact) mass is 334 g/mol. The molecule has 0 aliphatic carbocycles. The van der Waals surface area contributed by atoms with Gasteiger partial charge in [-0.05, 0) is 43.3 Å². The lowest BCUT2D eigenvalue weighted by atomic mass is 10.1. The normalized spacial score (nSPS) is 13.2. The van der Waals surface area contributed by atoms with Gasteiger partial charge in [0.1, 0.15) is 12.4 Å². The van der Waals surface area contributed by atoms with Crippen molar-refractivity contribution < 1.29 is 14.3 Å². The maximum Gasteiger partial charge on any atom is 0.338 e. The van der Waals surface area contributed by atoms with Crippen LogP contribution in [0.4, 0.5) is 11.4 Å². The van der Waals surface area contributed by atoms with Crippen LogP contribution in [0, 0.1) is 0 Å². The van der Waals surface area contributed by atoms with E-state index in [9.17, 15) is 4.79 Å². The summed E-state index contributed by atoms with van der Waals surface area (Å²) in [5, 5.41) is 0.794. The number of ether oxygens (including phenoxy) is 2. The smallest absolute Gasteiger partial charge is 0.338 e. The highest BCUT2D eigenvalue weighted by Gasteiger charge is 2.20. The molecule has 0 spiro atoms. The Kier molecular flexibility index (Phi) is 3.98. The standard InChI is InChI=1S/C20H18N2O3/c1-2-24-20(23)15-9-10-21-17-8-7-14(13-16(15)17)22-11-12-25-19-6-4-3-5-18(19)22/h3-10,13H,2,11-12H2,1H3. The zero-order valence-electron chi connectivity index (χ0n) is 13.9. The van der Waals surface area contributed by atoms with Gasteiger partial charge in [-0.25, -0.2) is 4.79 Å². The predicted octanol–water partition coefficient (Wildman–Crippen LogP) is 3.94. The first-order valence-corrected chi connectivity index (χ1v) is 8.33. The average molecular weight is 334 g/mol. The van der Waals surface area contributed by atoms with Gasteiger partial charge >= 0.3 is 5.97 Å². The van der Waals surface area contributed by atoms with E-state index in [1.165, 1.54) is 0 Å². The highest BCUT2D eigenvalue weighted by Crippen LogP contribution is 2.37. The number of esters is 1. The number of anilines is 2. The quantitative estimate of drug-likeness (QED) is 0.679. The minimum absolute atomic E-state index is 0.325. The highest BCUT2D eigenvalue weighted by molar-refractivity contribution is 6.04. The minimum atomic E-state index is -0.325. The number of para-hydroxylation sites is 2. The Balaban J connectivity index is 1.82. The van der Waals surface area contributed by atoms with Crippen molar-refractivity contribution >= 4 is 28.2 Å². The second kappa shape index (κ2) is 6.43. The van der Waals surface area contributed by atoms with Crippen molar-refractivity contribution in [3.05, 3.63) is 60.3 Å². The molecule has 0 radical (unpaired) electrons. The number of fused-ring (bicyclic) bond motifs is 2. The van der Waals surface area contributed by atoms with E-state index in [1.54, 1.807) is 19.2 Å². The van der Waals surface area contributed by atoms with Gasteiger partial charge in [-0.3, -0.25) is 4.98 Å². The van der Waals surface area contributed by atoms with Crippen LogP contribution in [0.3, 0.4) is 0 Å². The molecule has 126 valence electrons. The van der Waals surface area contributed by atoms with Gasteiger partial charge in [0.25, 0.3) is 0 Å². The fraction of sp³-hybridized carbons (Fsp3) is 0.200. The molecule has 0 bridgehead atoms. The summed E-state index contributed by atoms with van der Waals surface area (Å²) in [5.41, 5.74) is 3.34. The van der Waals surface area contributed by atoms with Crippen LogP contribution in [0.5, 0.6) is 5.75 Å². The Labute approximate surface area is 145 Å². The molecule has 0 amide bonds. The molecule has 0 unspecified atom stereocenters. The van der Waals surface area contributed by atoms with Crippen LogP contribution in [-0.2, 0) is 4.74 Å². The number of benzene rings is 2. The van der Waals surface area contributed by atoms with Crippen LogP contribution < -0.4 is 9.64 Å². The van der Waals surface area contributed by atoms with E-state index in [4.69, 9.17) is 9.47 Å². The molecule has 1 aliphatic rings. The first kappa shape index (κ1) is 15.4. The van der Waals surface area contributed by atoms with Gasteiger partial charge in [0.2, 0.25) is 0 Å². The molecular formula is C20H18N2O3. The molecule has 0 saturated carbocycles. The molecule has 0 N–H and O–H groups in total. The number of carbonyl (C=O) groups is 1. The Bertz CT molecular complexity index is 939. The topological polar surface area (TPSA) is 51.7 Å². The van der Waals surface area contributed by atoms with Crippen LogP contribution >= 0.6 is 0 Å². The Morgan fingerprint density at radius 3 is 3.00 bits per heavy atom. The van der Waals surface area contributed by atoms with Crippen molar-refractivity contribution in [1.82, 2.24) is 4.98 Å². The molecule has 2 heterocycles. The molecule has 5 nitrogen and oxygen atoms in total. The molecule has 0 fully saturated rings. The predicted molar refractivity (Wildman–Crippen MR) is 96.6 cm³/mol. The van der Waals surface area contributed by atoms with E-state index in [0.717, 1.165) is 34.6 Å². The number of rotatable bonds is 3. The molecule has 1 aromatic heterocycles. The van der Waals surface area contributed by atoms with E-state index in [1.807, 2.05) is 42.5 Å². The molecule has 3 aromatic rings. The third-order valence-corrected chi connectivity index (χ3v) is 4.26. The molecule has 0 atom stereocenters. The fourth-order valence-corrected chi connectivity index (χ4v) is 3.13. The van der Waals surface area contributed by atoms with Gasteiger partial charge in [-0.15, -0.1) is 0 Å². The second-order valence-corrected chi connectivity index (χ2v) is 5.75. The lowest BCUT2D eigenvalue weighted by molar-refractivity contribution is 0.0528. The summed E-state index contributed by atoms with van der Waals surface area (Å²) < 4.78 is 10.9. The van der Waals surface area contributed by atoms with Crippen LogP contribution in [-0.4, -0.2) is 30.7 Å². The first-order chi connectivity index (χ1) is 12.3. The van der Waals surface area contributed by atoms with Crippen LogP contribution in [0.1, 0.15) is 17.3 Å². The third-order valence-electron chi connectivity index (χ3n) is 4.26. The molecule has 4 rings (SSSR count). The zero-order chi connectivity index (χ0) is 17.2. The Morgan fingerprint density at radius 1 is 1.24 bits per heavy atom. The zero-order valence-corrected chi connectivity index (χ0v) is 13.9. The molecule has 25 heavy (non-hydrogen) atoms. The van der Waals surface area contributed by atoms with Crippen molar-refractivity contribution in [3.8, 4) is 5.75 Å². The van der Waals surface area contributed by atoms with E-state index in [0.29, 0.717) is 18.8 Å². The van der Waals surface area contributed by atoms with E-state index in [2.05, 4.69) is 9.88 Å². The Hall–Kier alpha value is -3.08. The van der Waals surface area contributed by atoms with Gasteiger partial charge in [-0.2, -0.15) is 0 Å². The maximum atomic E-state index is 12.3. The van der Waals surface area contributed by atoms with Crippen LogP contribution in [0.2, 0.25) is 0 Å². The average Bonchev–Trinajstić information content (AvgIpc) is 2.67. The number of nitrogens with zero attached hydrogens (tertiary/aromatic N) is 2. The molecule has 5 heteroatoms. The van der Waals surface area contributed by atoms with Crippen LogP contribution in [0.25, 0.3) is 10.9 Å². The number of carbonyl (C=O) groups excluding carboxylic acids is 1. The first-order valence-electron chi connectivity index (χ1n) is 8.33. The summed E-state index contributed by atoms with van der Waals surface area (Å²) in [6.45, 7) is 3.51. The Morgan fingerprint density at radius 2 is 2.12 bits per heavy atom. The van der Waals surface area contributed by atoms with Gasteiger partial charge in [0.05, 0.1) is 29.9 Å². The summed E-state index contributed by atoms with van der Waals surface area (Å²) >= 11 is 0. The number of hydrogen-bond acceptors (Lipinski definition) is 5. The number of hydrogen-bond donors (Lipinski definition) is 0. The molecule has 2 aromatic carbocycles. The second-order valence-electron chi connectivity index (χ2n) is 5.75. The van der Waals surface area contributed by atoms with Gasteiger partial charge in [-0.1, -0.05) is 12.1 Å². The van der Waals surface area contributed by atoms with Crippen molar-refractivity contribution in [2.24, 2.45) is 0 Å². The summed E-state index contributed by atoms with van der Waals surface area (Å²) in [4.78, 5) is 18.8. The third kappa shape index (κ3) is 2.78. The lowest BCUT2D eigenvalue weighted by Crippen LogP contribution is -2.28. The van der Waals surface area contributed by atoms with Gasteiger partial charge < -0.3 is 14.4 Å². The summed E-state index contributed by atoms with van der Waals surface area (Å²) in [6, 6.07) is 15.6. The van der Waals surface area contributed by atoms with Crippen molar-refractivity contribution in [1.29, 1.82) is 0 Å². The highest BCUT2D eigenvalue weighted by atomic mass is 16.5. The number of pyridine rings is 1. The van der Waals surface area contributed by atoms with Crippen molar-refractivity contribution in [2.45, 2.75) is 6.92 Å². The maximum absolute atomic E-state index is 12.3. The minimum Gasteiger partial charge on any atom is -0.490 e. The van der Waals surface area contributed by atoms with Crippen molar-refractivity contribution in [2.75, 3.05) is 24.7 Å². The number of aromatic nitrogens is 1. The van der Waals surface area contributed by atoms with E-state index >= 15 is 0 Å². The van der Waals surface area contributed by atoms with E-state index < -0.39 is 0 Å².